The molecule has 0 atom stereocenters. The highest BCUT2D eigenvalue weighted by Crippen LogP contribution is 2.33. The number of benzene rings is 1. The zero-order valence-corrected chi connectivity index (χ0v) is 12.9. The summed E-state index contributed by atoms with van der Waals surface area (Å²) in [7, 11) is 0. The lowest BCUT2D eigenvalue weighted by molar-refractivity contribution is -0.139. The van der Waals surface area contributed by atoms with Crippen LogP contribution < -0.4 is 0 Å². The van der Waals surface area contributed by atoms with Gasteiger partial charge in [0, 0.05) is 0 Å². The fourth-order valence-corrected chi connectivity index (χ4v) is 3.30. The van der Waals surface area contributed by atoms with Crippen molar-refractivity contribution in [3.63, 3.8) is 0 Å². The van der Waals surface area contributed by atoms with E-state index in [1.165, 1.54) is 23.5 Å². The SMILES string of the molecule is CCOC(=O)CSC1=NC(=O)C(=Cc2ccc(O)cc2)S1. The van der Waals surface area contributed by atoms with Crippen LogP contribution in [0.3, 0.4) is 0 Å². The predicted octanol–water partition coefficient (Wildman–Crippen LogP) is 2.66. The van der Waals surface area contributed by atoms with Crippen molar-refractivity contribution in [3.05, 3.63) is 34.7 Å². The molecule has 1 aromatic carbocycles. The molecule has 0 spiro atoms. The Kier molecular flexibility index (Phi) is 5.46. The Labute approximate surface area is 130 Å². The molecule has 0 bridgehead atoms. The number of carbonyl (C=O) groups excluding carboxylic acids is 2. The second-order valence-electron chi connectivity index (χ2n) is 3.98. The summed E-state index contributed by atoms with van der Waals surface area (Å²) in [5.74, 6) is -0.336. The summed E-state index contributed by atoms with van der Waals surface area (Å²) in [6.07, 6.45) is 1.70. The number of carbonyl (C=O) groups is 2. The summed E-state index contributed by atoms with van der Waals surface area (Å²) in [6, 6.07) is 6.52. The highest BCUT2D eigenvalue weighted by molar-refractivity contribution is 8.41. The average Bonchev–Trinajstić information content (AvgIpc) is 2.80. The van der Waals surface area contributed by atoms with E-state index in [0.29, 0.717) is 15.9 Å². The van der Waals surface area contributed by atoms with E-state index >= 15 is 0 Å². The van der Waals surface area contributed by atoms with Gasteiger partial charge in [0.1, 0.15) is 10.1 Å². The van der Waals surface area contributed by atoms with Gasteiger partial charge in [-0.3, -0.25) is 9.59 Å². The summed E-state index contributed by atoms with van der Waals surface area (Å²) < 4.78 is 5.35. The zero-order chi connectivity index (χ0) is 15.2. The van der Waals surface area contributed by atoms with Gasteiger partial charge < -0.3 is 9.84 Å². The molecule has 1 aliphatic heterocycles. The molecular weight excluding hydrogens is 310 g/mol. The third-order valence-electron chi connectivity index (χ3n) is 2.41. The molecule has 1 amide bonds. The van der Waals surface area contributed by atoms with Gasteiger partial charge in [0.2, 0.25) is 0 Å². The molecule has 1 heterocycles. The minimum absolute atomic E-state index is 0.138. The van der Waals surface area contributed by atoms with E-state index in [0.717, 1.165) is 5.56 Å². The highest BCUT2D eigenvalue weighted by atomic mass is 32.2. The van der Waals surface area contributed by atoms with Crippen molar-refractivity contribution in [2.75, 3.05) is 12.4 Å². The highest BCUT2D eigenvalue weighted by Gasteiger charge is 2.22. The Morgan fingerprint density at radius 1 is 1.43 bits per heavy atom. The molecule has 0 unspecified atom stereocenters. The summed E-state index contributed by atoms with van der Waals surface area (Å²) >= 11 is 2.42. The van der Waals surface area contributed by atoms with Crippen LogP contribution in [0.25, 0.3) is 6.08 Å². The molecule has 0 aromatic heterocycles. The van der Waals surface area contributed by atoms with Gasteiger partial charge in [-0.1, -0.05) is 35.7 Å². The quantitative estimate of drug-likeness (QED) is 0.678. The molecule has 0 aliphatic carbocycles. The van der Waals surface area contributed by atoms with Crippen LogP contribution in [-0.4, -0.2) is 33.7 Å². The van der Waals surface area contributed by atoms with E-state index in [1.54, 1.807) is 37.3 Å². The number of phenolic OH excluding ortho intramolecular Hbond substituents is 1. The molecule has 0 radical (unpaired) electrons. The fraction of sp³-hybridized carbons (Fsp3) is 0.214. The van der Waals surface area contributed by atoms with Gasteiger partial charge in [0.15, 0.2) is 0 Å². The van der Waals surface area contributed by atoms with Crippen molar-refractivity contribution in [2.24, 2.45) is 4.99 Å². The number of hydrogen-bond acceptors (Lipinski definition) is 6. The maximum atomic E-state index is 11.8. The van der Waals surface area contributed by atoms with E-state index in [9.17, 15) is 14.7 Å². The second-order valence-corrected chi connectivity index (χ2v) is 6.23. The molecule has 1 N–H and O–H groups in total. The van der Waals surface area contributed by atoms with Crippen molar-refractivity contribution in [2.45, 2.75) is 6.92 Å². The summed E-state index contributed by atoms with van der Waals surface area (Å²) in [5.41, 5.74) is 0.801. The van der Waals surface area contributed by atoms with Crippen molar-refractivity contribution in [3.8, 4) is 5.75 Å². The van der Waals surface area contributed by atoms with Crippen LogP contribution in [0.1, 0.15) is 12.5 Å². The molecule has 110 valence electrons. The Hall–Kier alpha value is -1.73. The molecular formula is C14H13NO4S2. The zero-order valence-electron chi connectivity index (χ0n) is 11.2. The molecule has 0 fully saturated rings. The van der Waals surface area contributed by atoms with Crippen LogP contribution in [0.4, 0.5) is 0 Å². The fourth-order valence-electron chi connectivity index (χ4n) is 1.50. The van der Waals surface area contributed by atoms with Crippen molar-refractivity contribution >= 4 is 45.9 Å². The van der Waals surface area contributed by atoms with Gasteiger partial charge in [-0.05, 0) is 30.7 Å². The number of hydrogen-bond donors (Lipinski definition) is 1. The first-order chi connectivity index (χ1) is 10.1. The molecule has 2 rings (SSSR count). The van der Waals surface area contributed by atoms with Crippen LogP contribution in [0.2, 0.25) is 0 Å². The standard InChI is InChI=1S/C14H13NO4S2/c1-2-19-12(17)8-20-14-15-13(18)11(21-14)7-9-3-5-10(16)6-4-9/h3-7,16H,2,8H2,1H3. The van der Waals surface area contributed by atoms with Crippen LogP contribution >= 0.6 is 23.5 Å². The number of amides is 1. The number of ether oxygens (including phenoxy) is 1. The first kappa shape index (κ1) is 15.7. The minimum Gasteiger partial charge on any atom is -0.508 e. The molecule has 1 aromatic rings. The number of esters is 1. The van der Waals surface area contributed by atoms with E-state index < -0.39 is 0 Å². The Balaban J connectivity index is 1.96. The number of nitrogens with zero attached hydrogens (tertiary/aromatic N) is 1. The van der Waals surface area contributed by atoms with Crippen molar-refractivity contribution in [1.82, 2.24) is 0 Å². The maximum absolute atomic E-state index is 11.8. The van der Waals surface area contributed by atoms with Crippen molar-refractivity contribution < 1.29 is 19.4 Å². The summed E-state index contributed by atoms with van der Waals surface area (Å²) in [4.78, 5) is 27.4. The lowest BCUT2D eigenvalue weighted by atomic mass is 10.2. The van der Waals surface area contributed by atoms with Gasteiger partial charge in [-0.15, -0.1) is 0 Å². The first-order valence-electron chi connectivity index (χ1n) is 6.18. The Morgan fingerprint density at radius 3 is 2.81 bits per heavy atom. The molecule has 7 heteroatoms. The van der Waals surface area contributed by atoms with Crippen LogP contribution in [0, 0.1) is 0 Å². The summed E-state index contributed by atoms with van der Waals surface area (Å²) in [6.45, 7) is 2.08. The predicted molar refractivity (Wildman–Crippen MR) is 85.2 cm³/mol. The summed E-state index contributed by atoms with van der Waals surface area (Å²) in [5, 5.41) is 9.21. The molecule has 1 aliphatic rings. The topological polar surface area (TPSA) is 76.0 Å². The lowest BCUT2D eigenvalue weighted by Gasteiger charge is -2.00. The molecule has 21 heavy (non-hydrogen) atoms. The van der Waals surface area contributed by atoms with Gasteiger partial charge in [0.05, 0.1) is 17.3 Å². The monoisotopic (exact) mass is 323 g/mol. The number of phenols is 1. The first-order valence-corrected chi connectivity index (χ1v) is 7.98. The Morgan fingerprint density at radius 2 is 2.14 bits per heavy atom. The van der Waals surface area contributed by atoms with E-state index in [-0.39, 0.29) is 23.4 Å². The second kappa shape index (κ2) is 7.33. The lowest BCUT2D eigenvalue weighted by Crippen LogP contribution is -2.07. The number of aromatic hydroxyl groups is 1. The van der Waals surface area contributed by atoms with Gasteiger partial charge in [-0.25, -0.2) is 0 Å². The van der Waals surface area contributed by atoms with Crippen LogP contribution in [0.15, 0.2) is 34.2 Å². The van der Waals surface area contributed by atoms with Crippen LogP contribution in [-0.2, 0) is 14.3 Å². The minimum atomic E-state index is -0.325. The maximum Gasteiger partial charge on any atom is 0.316 e. The normalized spacial score (nSPS) is 16.1. The number of thioether (sulfide) groups is 2. The van der Waals surface area contributed by atoms with Crippen molar-refractivity contribution in [1.29, 1.82) is 0 Å². The van der Waals surface area contributed by atoms with Gasteiger partial charge in [-0.2, -0.15) is 4.99 Å². The van der Waals surface area contributed by atoms with E-state index in [2.05, 4.69) is 4.99 Å². The molecule has 0 saturated heterocycles. The number of aliphatic imine (C=N–C) groups is 1. The third-order valence-corrected chi connectivity index (χ3v) is 4.51. The smallest absolute Gasteiger partial charge is 0.316 e. The largest absolute Gasteiger partial charge is 0.508 e. The third kappa shape index (κ3) is 4.64. The van der Waals surface area contributed by atoms with Gasteiger partial charge in [0.25, 0.3) is 5.91 Å². The van der Waals surface area contributed by atoms with E-state index in [4.69, 9.17) is 4.74 Å². The van der Waals surface area contributed by atoms with Gasteiger partial charge >= 0.3 is 5.97 Å². The molecule has 0 saturated carbocycles. The van der Waals surface area contributed by atoms with Crippen LogP contribution in [0.5, 0.6) is 5.75 Å². The molecule has 5 nitrogen and oxygen atoms in total. The average molecular weight is 323 g/mol. The Bertz CT molecular complexity index is 608. The van der Waals surface area contributed by atoms with E-state index in [1.807, 2.05) is 0 Å². The number of rotatable bonds is 4.